The summed E-state index contributed by atoms with van der Waals surface area (Å²) in [7, 11) is 1.72. The van der Waals surface area contributed by atoms with Crippen LogP contribution in [0.3, 0.4) is 0 Å². The zero-order valence-electron chi connectivity index (χ0n) is 42.7. The van der Waals surface area contributed by atoms with Crippen LogP contribution in [0.15, 0.2) is 152 Å². The van der Waals surface area contributed by atoms with Gasteiger partial charge >= 0.3 is 8.32 Å². The predicted octanol–water partition coefficient (Wildman–Crippen LogP) is 8.80. The Morgan fingerprint density at radius 3 is 1.43 bits per heavy atom. The van der Waals surface area contributed by atoms with E-state index in [1.54, 1.807) is 21.3 Å². The minimum Gasteiger partial charge on any atom is -0.368 e. The first-order chi connectivity index (χ1) is 35.0. The van der Waals surface area contributed by atoms with Crippen LogP contribution in [0.1, 0.15) is 70.1 Å². The fraction of sp³-hybridized carbons (Fsp3) is 0.483. The molecule has 0 bridgehead atoms. The molecule has 3 saturated heterocycles. The van der Waals surface area contributed by atoms with E-state index in [0.717, 1.165) is 39.9 Å². The summed E-state index contributed by atoms with van der Waals surface area (Å²) in [6.07, 6.45) is -5.38. The van der Waals surface area contributed by atoms with Gasteiger partial charge in [-0.15, -0.1) is 0 Å². The number of hydrogen-bond acceptors (Lipinski definition) is 13. The van der Waals surface area contributed by atoms with Gasteiger partial charge in [0.1, 0.15) is 49.3 Å². The Hall–Kier alpha value is -4.20. The van der Waals surface area contributed by atoms with Crippen LogP contribution < -0.4 is 10.4 Å². The van der Waals surface area contributed by atoms with Crippen molar-refractivity contribution in [3.05, 3.63) is 168 Å². The first-order valence-electron chi connectivity index (χ1n) is 25.4. The van der Waals surface area contributed by atoms with Crippen molar-refractivity contribution in [1.29, 1.82) is 0 Å². The van der Waals surface area contributed by atoms with Crippen molar-refractivity contribution < 1.29 is 61.6 Å². The van der Waals surface area contributed by atoms with Crippen molar-refractivity contribution in [2.45, 2.75) is 151 Å². The number of methoxy groups -OCH3 is 3. The molecule has 72 heavy (non-hydrogen) atoms. The third kappa shape index (κ3) is 11.0. The van der Waals surface area contributed by atoms with E-state index in [-0.39, 0.29) is 18.3 Å². The number of hydrogen-bond donors (Lipinski definition) is 0. The van der Waals surface area contributed by atoms with E-state index in [1.165, 1.54) is 0 Å². The molecular weight excluding hydrogens is 933 g/mol. The molecule has 0 unspecified atom stereocenters. The molecule has 4 aliphatic rings. The van der Waals surface area contributed by atoms with Crippen molar-refractivity contribution in [2.75, 3.05) is 27.9 Å². The third-order valence-corrected chi connectivity index (χ3v) is 19.5. The molecule has 1 saturated carbocycles. The van der Waals surface area contributed by atoms with Crippen LogP contribution >= 0.6 is 0 Å². The Morgan fingerprint density at radius 2 is 0.972 bits per heavy atom. The molecule has 0 spiro atoms. The summed E-state index contributed by atoms with van der Waals surface area (Å²) >= 11 is 0. The summed E-state index contributed by atoms with van der Waals surface area (Å²) in [6.45, 7) is 9.40. The van der Waals surface area contributed by atoms with E-state index in [2.05, 4.69) is 45.0 Å². The number of rotatable bonds is 20. The van der Waals surface area contributed by atoms with Crippen molar-refractivity contribution >= 4 is 18.7 Å². The van der Waals surface area contributed by atoms with Gasteiger partial charge in [0.2, 0.25) is 11.6 Å². The maximum Gasteiger partial charge on any atom is 0.305 e. The van der Waals surface area contributed by atoms with Gasteiger partial charge in [0.15, 0.2) is 12.6 Å². The molecule has 4 fully saturated rings. The maximum absolute atomic E-state index is 7.32. The Labute approximate surface area is 426 Å². The Bertz CT molecular complexity index is 2360. The molecule has 12 atom stereocenters. The smallest absolute Gasteiger partial charge is 0.305 e. The van der Waals surface area contributed by atoms with Crippen molar-refractivity contribution in [3.8, 4) is 0 Å². The largest absolute Gasteiger partial charge is 0.368 e. The van der Waals surface area contributed by atoms with Gasteiger partial charge in [-0.2, -0.15) is 0 Å². The number of ether oxygens (including phenoxy) is 11. The van der Waals surface area contributed by atoms with E-state index >= 15 is 0 Å². The highest BCUT2D eigenvalue weighted by atomic mass is 28.4. The second kappa shape index (κ2) is 23.6. The molecule has 5 aromatic carbocycles. The van der Waals surface area contributed by atoms with Gasteiger partial charge in [0, 0.05) is 34.2 Å². The van der Waals surface area contributed by atoms with Gasteiger partial charge < -0.3 is 52.1 Å². The van der Waals surface area contributed by atoms with Gasteiger partial charge in [-0.3, -0.25) is 4.58 Å². The van der Waals surface area contributed by atoms with Gasteiger partial charge in [0.05, 0.1) is 25.9 Å². The Kier molecular flexibility index (Phi) is 17.2. The average molecular weight is 1010 g/mol. The Morgan fingerprint density at radius 1 is 0.528 bits per heavy atom. The SMILES string of the molecule is CO[C@H]1O[C@H](COO[Si](c2ccccc2)(c2ccccc2)C(C)(C)C)[C@H]2O[C@@]3(OC)CCCC[C@]3(OC)O[C@@H]2[C@@H]1O[C@@H]1O[C@@H](C)[C@H](OCc2ccccc2)[C@@H](OCc2ccccc2)[C@H]1OCc1ccccc1. The van der Waals surface area contributed by atoms with Crippen LogP contribution in [-0.2, 0) is 81.4 Å². The van der Waals surface area contributed by atoms with Crippen molar-refractivity contribution in [3.63, 3.8) is 0 Å². The first kappa shape index (κ1) is 52.7. The predicted molar refractivity (Wildman–Crippen MR) is 272 cm³/mol. The van der Waals surface area contributed by atoms with Crippen LogP contribution in [-0.4, -0.2) is 109 Å². The van der Waals surface area contributed by atoms with E-state index in [1.807, 2.05) is 134 Å². The quantitative estimate of drug-likeness (QED) is 0.0420. The fourth-order valence-electron chi connectivity index (χ4n) is 11.0. The van der Waals surface area contributed by atoms with Crippen LogP contribution in [0.2, 0.25) is 5.04 Å². The lowest BCUT2D eigenvalue weighted by molar-refractivity contribution is -0.503. The maximum atomic E-state index is 7.32. The zero-order valence-corrected chi connectivity index (χ0v) is 43.7. The lowest BCUT2D eigenvalue weighted by Crippen LogP contribution is -2.76. The van der Waals surface area contributed by atoms with E-state index in [0.29, 0.717) is 26.1 Å². The summed E-state index contributed by atoms with van der Waals surface area (Å²) in [5, 5.41) is 1.79. The highest BCUT2D eigenvalue weighted by molar-refractivity contribution is 6.99. The summed E-state index contributed by atoms with van der Waals surface area (Å²) in [5.41, 5.74) is 2.99. The highest BCUT2D eigenvalue weighted by Gasteiger charge is 2.68. The third-order valence-electron chi connectivity index (χ3n) is 14.7. The number of fused-ring (bicyclic) bond motifs is 2. The molecule has 0 aromatic heterocycles. The summed E-state index contributed by atoms with van der Waals surface area (Å²) in [5.74, 6) is -2.57. The summed E-state index contributed by atoms with van der Waals surface area (Å²) in [6, 6.07) is 50.8. The molecule has 3 heterocycles. The van der Waals surface area contributed by atoms with Crippen molar-refractivity contribution in [1.82, 2.24) is 0 Å². The summed E-state index contributed by atoms with van der Waals surface area (Å²) in [4.78, 5) is 6.56. The second-order valence-corrected chi connectivity index (χ2v) is 24.4. The molecule has 0 N–H and O–H groups in total. The normalized spacial score (nSPS) is 30.8. The highest BCUT2D eigenvalue weighted by Crippen LogP contribution is 2.52. The lowest BCUT2D eigenvalue weighted by Gasteiger charge is -2.60. The second-order valence-electron chi connectivity index (χ2n) is 20.2. The molecule has 13 nitrogen and oxygen atoms in total. The van der Waals surface area contributed by atoms with Crippen molar-refractivity contribution in [2.24, 2.45) is 0 Å². The molecule has 0 amide bonds. The molecular formula is C58H72O13Si. The van der Waals surface area contributed by atoms with E-state index < -0.39 is 81.3 Å². The molecule has 386 valence electrons. The fourth-order valence-corrected chi connectivity index (χ4v) is 15.1. The van der Waals surface area contributed by atoms with Gasteiger partial charge in [0.25, 0.3) is 0 Å². The average Bonchev–Trinajstić information content (AvgIpc) is 3.41. The molecule has 9 rings (SSSR count). The number of benzene rings is 5. The van der Waals surface area contributed by atoms with Gasteiger partial charge in [-0.1, -0.05) is 172 Å². The molecule has 1 aliphatic carbocycles. The molecule has 14 heteroatoms. The standard InChI is InChI=1S/C58H72O13Si/c1-41-48(62-37-42-25-13-8-14-26-42)50(63-38-43-27-15-9-16-28-43)52(64-39-44-29-17-10-18-30-44)55(66-41)68-53-51-49(69-57(60-6)35-23-24-36-58(57,61-7)70-51)47(67-54(53)59-5)40-65-71-72(56(2,3)4,45-31-19-11-20-32-45)46-33-21-12-22-34-46/h8-22,25-34,41,47-55H,23-24,35-40H2,1-7H3/t41-,47+,48-,49+,50+,51-,52+,53-,54-,55-,57-,58-/m0/s1. The lowest BCUT2D eigenvalue weighted by atomic mass is 9.83. The minimum absolute atomic E-state index is 0.0447. The monoisotopic (exact) mass is 1000 g/mol. The van der Waals surface area contributed by atoms with Gasteiger partial charge in [-0.25, -0.2) is 4.89 Å². The topological polar surface area (TPSA) is 120 Å². The van der Waals surface area contributed by atoms with E-state index in [9.17, 15) is 0 Å². The molecule has 5 aromatic rings. The van der Waals surface area contributed by atoms with Gasteiger partial charge in [-0.05, 0) is 51.9 Å². The zero-order chi connectivity index (χ0) is 50.2. The molecule has 0 radical (unpaired) electrons. The van der Waals surface area contributed by atoms with Crippen LogP contribution in [0.5, 0.6) is 0 Å². The van der Waals surface area contributed by atoms with Crippen LogP contribution in [0.25, 0.3) is 0 Å². The van der Waals surface area contributed by atoms with E-state index in [4.69, 9.17) is 61.6 Å². The minimum atomic E-state index is -3.13. The van der Waals surface area contributed by atoms with Crippen LogP contribution in [0.4, 0.5) is 0 Å². The summed E-state index contributed by atoms with van der Waals surface area (Å²) < 4.78 is 82.3. The van der Waals surface area contributed by atoms with Crippen LogP contribution in [0, 0.1) is 0 Å². The molecule has 3 aliphatic heterocycles. The Balaban J connectivity index is 1.06. The first-order valence-corrected chi connectivity index (χ1v) is 27.3.